The first-order chi connectivity index (χ1) is 42.1. The zero-order valence-electron chi connectivity index (χ0n) is 49.5. The lowest BCUT2D eigenvalue weighted by molar-refractivity contribution is 0.343. The first-order valence-corrected chi connectivity index (χ1v) is 32.7. The van der Waals surface area contributed by atoms with E-state index in [4.69, 9.17) is 19.4 Å². The Morgan fingerprint density at radius 2 is 0.593 bits per heavy atom. The Morgan fingerprint density at radius 3 is 0.895 bits per heavy atom. The lowest BCUT2D eigenvalue weighted by Gasteiger charge is -2.19. The summed E-state index contributed by atoms with van der Waals surface area (Å²) in [5.41, 5.74) is 23.0. The van der Waals surface area contributed by atoms with Crippen LogP contribution in [0.3, 0.4) is 0 Å². The van der Waals surface area contributed by atoms with Crippen molar-refractivity contribution >= 4 is 83.4 Å². The number of nitrogens with one attached hydrogen (secondary N) is 2. The van der Waals surface area contributed by atoms with Crippen LogP contribution in [0.5, 0.6) is 11.5 Å². The molecule has 422 valence electrons. The molecule has 0 radical (unpaired) electrons. The van der Waals surface area contributed by atoms with Crippen LogP contribution in [0, 0.1) is 41.5 Å². The standard InChI is InChI=1S/C78H68N4O2P2/c1-51-47-53(3)73(54(4)48-51)77-69-39-35-65(79-69)75(57-27-31-59(32-28-57)83-43-45-85(61-19-11-7-12-20-61)62-21-13-8-14-22-62)67-37-41-71(81-67)78(74-55(5)49-52(2)50-56(74)6)72-42-38-68(82-72)76(66-36-40-70(77)80-66)58-29-33-60(34-30-58)84-44-46-86(63-23-15-9-16-24-63)64-25-17-10-18-26-64/h7-42,47-50,79,82H,43-46H2,1-6H3. The maximum Gasteiger partial charge on any atom is 0.119 e. The number of aromatic nitrogens is 4. The summed E-state index contributed by atoms with van der Waals surface area (Å²) in [7, 11) is -1.18. The molecule has 11 aromatic rings. The van der Waals surface area contributed by atoms with Crippen molar-refractivity contribution in [3.05, 3.63) is 275 Å². The van der Waals surface area contributed by atoms with Crippen molar-refractivity contribution in [2.24, 2.45) is 0 Å². The zero-order valence-corrected chi connectivity index (χ0v) is 51.3. The summed E-state index contributed by atoms with van der Waals surface area (Å²) >= 11 is 0. The normalized spacial score (nSPS) is 11.9. The Labute approximate surface area is 507 Å². The first-order valence-electron chi connectivity index (χ1n) is 29.6. The summed E-state index contributed by atoms with van der Waals surface area (Å²) < 4.78 is 13.2. The Balaban J connectivity index is 0.951. The second kappa shape index (κ2) is 24.8. The number of rotatable bonds is 16. The summed E-state index contributed by atoms with van der Waals surface area (Å²) in [6.45, 7) is 14.4. The fourth-order valence-electron chi connectivity index (χ4n) is 12.7. The SMILES string of the molecule is Cc1cc(C)c(-c2c3nc(c(-c4ccc(OCCP(c5ccccc5)c5ccccc5)cc4)c4ccc([nH]4)c(-c4c(C)cc(C)cc4C)c4nc(c(-c5ccc(OCCP(c6ccccc6)c6ccccc6)cc5)c5ccc2[nH]5)C=C4)C=C3)c(C)c1. The van der Waals surface area contributed by atoms with Crippen molar-refractivity contribution in [2.75, 3.05) is 25.5 Å². The number of aryl methyl sites for hydroxylation is 6. The molecule has 0 fully saturated rings. The average Bonchev–Trinajstić information content (AvgIpc) is 2.06. The third-order valence-electron chi connectivity index (χ3n) is 16.3. The second-order valence-corrected chi connectivity index (χ2v) is 27.1. The van der Waals surface area contributed by atoms with E-state index in [1.165, 1.54) is 54.6 Å². The molecule has 8 aromatic carbocycles. The van der Waals surface area contributed by atoms with Crippen LogP contribution in [0.4, 0.5) is 0 Å². The zero-order chi connectivity index (χ0) is 58.7. The minimum absolute atomic E-state index is 0.589. The molecule has 86 heavy (non-hydrogen) atoms. The molecule has 8 heteroatoms. The number of fused-ring (bicyclic) bond motifs is 8. The monoisotopic (exact) mass is 1150 g/mol. The molecule has 8 bridgehead atoms. The van der Waals surface area contributed by atoms with Crippen LogP contribution >= 0.6 is 15.8 Å². The quantitative estimate of drug-likeness (QED) is 0.0946. The van der Waals surface area contributed by atoms with Crippen molar-refractivity contribution < 1.29 is 9.47 Å². The predicted octanol–water partition coefficient (Wildman–Crippen LogP) is 18.2. The van der Waals surface area contributed by atoms with Crippen molar-refractivity contribution in [1.82, 2.24) is 19.9 Å². The molecule has 0 saturated heterocycles. The van der Waals surface area contributed by atoms with E-state index in [2.05, 4.69) is 294 Å². The molecule has 2 N–H and O–H groups in total. The van der Waals surface area contributed by atoms with E-state index in [1.54, 1.807) is 0 Å². The maximum atomic E-state index is 6.60. The number of nitrogens with zero attached hydrogens (tertiary/aromatic N) is 2. The molecule has 0 aliphatic carbocycles. The number of benzene rings is 8. The van der Waals surface area contributed by atoms with Gasteiger partial charge in [-0.2, -0.15) is 0 Å². The van der Waals surface area contributed by atoms with Gasteiger partial charge in [-0.25, -0.2) is 9.97 Å². The molecule has 0 spiro atoms. The van der Waals surface area contributed by atoms with E-state index < -0.39 is 15.8 Å². The van der Waals surface area contributed by atoms with Gasteiger partial charge in [0.2, 0.25) is 0 Å². The molecule has 13 rings (SSSR count). The van der Waals surface area contributed by atoms with E-state index in [0.717, 1.165) is 113 Å². The van der Waals surface area contributed by atoms with Gasteiger partial charge in [0, 0.05) is 56.6 Å². The molecule has 0 amide bonds. The minimum Gasteiger partial charge on any atom is -0.493 e. The highest BCUT2D eigenvalue weighted by atomic mass is 31.1. The molecule has 0 unspecified atom stereocenters. The van der Waals surface area contributed by atoms with Crippen LogP contribution in [-0.4, -0.2) is 45.5 Å². The number of H-pyrrole nitrogens is 2. The largest absolute Gasteiger partial charge is 0.493 e. The van der Waals surface area contributed by atoms with Gasteiger partial charge in [-0.05, 0) is 196 Å². The lowest BCUT2D eigenvalue weighted by Crippen LogP contribution is -2.17. The maximum absolute atomic E-state index is 6.60. The van der Waals surface area contributed by atoms with E-state index in [9.17, 15) is 0 Å². The fourth-order valence-corrected chi connectivity index (χ4v) is 17.0. The summed E-state index contributed by atoms with van der Waals surface area (Å²) in [6, 6.07) is 78.5. The predicted molar refractivity (Wildman–Crippen MR) is 368 cm³/mol. The molecule has 2 aliphatic heterocycles. The van der Waals surface area contributed by atoms with Crippen molar-refractivity contribution in [2.45, 2.75) is 41.5 Å². The van der Waals surface area contributed by atoms with Gasteiger partial charge in [-0.15, -0.1) is 0 Å². The molecule has 3 aromatic heterocycles. The van der Waals surface area contributed by atoms with Gasteiger partial charge in [-0.1, -0.05) is 181 Å². The van der Waals surface area contributed by atoms with Gasteiger partial charge in [0.05, 0.1) is 36.0 Å². The molecule has 6 nitrogen and oxygen atoms in total. The van der Waals surface area contributed by atoms with E-state index in [-0.39, 0.29) is 0 Å². The molecular weight excluding hydrogens is 1090 g/mol. The highest BCUT2D eigenvalue weighted by Crippen LogP contribution is 2.43. The summed E-state index contributed by atoms with van der Waals surface area (Å²) in [5.74, 6) is 1.66. The molecule has 0 atom stereocenters. The van der Waals surface area contributed by atoms with Crippen molar-refractivity contribution in [3.63, 3.8) is 0 Å². The fraction of sp³-hybridized carbons (Fsp3) is 0.128. The Kier molecular flexibility index (Phi) is 16.1. The van der Waals surface area contributed by atoms with Crippen molar-refractivity contribution in [1.29, 1.82) is 0 Å². The van der Waals surface area contributed by atoms with Crippen LogP contribution in [0.1, 0.15) is 56.2 Å². The number of hydrogen-bond acceptors (Lipinski definition) is 4. The third-order valence-corrected chi connectivity index (χ3v) is 21.3. The Bertz CT molecular complexity index is 4100. The number of hydrogen-bond donors (Lipinski definition) is 2. The smallest absolute Gasteiger partial charge is 0.119 e. The lowest BCUT2D eigenvalue weighted by atomic mass is 9.92. The third kappa shape index (κ3) is 11.7. The number of aromatic amines is 2. The Hall–Kier alpha value is -9.18. The first kappa shape index (κ1) is 56.0. The van der Waals surface area contributed by atoms with Gasteiger partial charge >= 0.3 is 0 Å². The van der Waals surface area contributed by atoms with E-state index in [1.807, 2.05) is 0 Å². The second-order valence-electron chi connectivity index (χ2n) is 22.4. The van der Waals surface area contributed by atoms with Gasteiger partial charge in [0.1, 0.15) is 11.5 Å². The van der Waals surface area contributed by atoms with Crippen molar-refractivity contribution in [3.8, 4) is 56.0 Å². The van der Waals surface area contributed by atoms with Crippen LogP contribution in [0.2, 0.25) is 0 Å². The van der Waals surface area contributed by atoms with Gasteiger partial charge in [0.25, 0.3) is 0 Å². The van der Waals surface area contributed by atoms with E-state index >= 15 is 0 Å². The van der Waals surface area contributed by atoms with Gasteiger partial charge < -0.3 is 19.4 Å². The average molecular weight is 1160 g/mol. The van der Waals surface area contributed by atoms with Crippen LogP contribution < -0.4 is 30.7 Å². The summed E-state index contributed by atoms with van der Waals surface area (Å²) in [4.78, 5) is 19.3. The molecule has 0 saturated carbocycles. The highest BCUT2D eigenvalue weighted by Gasteiger charge is 2.23. The summed E-state index contributed by atoms with van der Waals surface area (Å²) in [6.07, 6.45) is 10.6. The molecular formula is C78H68N4O2P2. The number of ether oxygens (including phenoxy) is 2. The van der Waals surface area contributed by atoms with Gasteiger partial charge in [-0.3, -0.25) is 0 Å². The summed E-state index contributed by atoms with van der Waals surface area (Å²) in [5, 5.41) is 5.40. The Morgan fingerprint density at radius 1 is 0.314 bits per heavy atom. The minimum atomic E-state index is -0.589. The van der Waals surface area contributed by atoms with Gasteiger partial charge in [0.15, 0.2) is 0 Å². The van der Waals surface area contributed by atoms with Crippen LogP contribution in [0.25, 0.3) is 90.9 Å². The van der Waals surface area contributed by atoms with Crippen LogP contribution in [-0.2, 0) is 0 Å². The topological polar surface area (TPSA) is 75.8 Å². The van der Waals surface area contributed by atoms with E-state index in [0.29, 0.717) is 13.2 Å². The molecule has 2 aliphatic rings. The molecule has 5 heterocycles. The van der Waals surface area contributed by atoms with Crippen LogP contribution in [0.15, 0.2) is 218 Å². The highest BCUT2D eigenvalue weighted by molar-refractivity contribution is 7.73.